The number of amides is 2. The van der Waals surface area contributed by atoms with Crippen molar-refractivity contribution in [3.05, 3.63) is 42.2 Å². The minimum absolute atomic E-state index is 0.495. The topological polar surface area (TPSA) is 89.9 Å². The van der Waals surface area contributed by atoms with Gasteiger partial charge in [-0.1, -0.05) is 12.1 Å². The first-order valence-electron chi connectivity index (χ1n) is 5.52. The van der Waals surface area contributed by atoms with E-state index in [0.717, 1.165) is 11.3 Å². The van der Waals surface area contributed by atoms with Crippen LogP contribution in [-0.2, 0) is 0 Å². The Morgan fingerprint density at radius 1 is 1.37 bits per heavy atom. The summed E-state index contributed by atoms with van der Waals surface area (Å²) in [5.41, 5.74) is 7.81. The van der Waals surface area contributed by atoms with Gasteiger partial charge in [-0.25, -0.2) is 10.2 Å². The molecule has 6 nitrogen and oxygen atoms in total. The zero-order chi connectivity index (χ0) is 13.7. The summed E-state index contributed by atoms with van der Waals surface area (Å²) in [4.78, 5) is 10.4. The molecular weight excluding hydrogens is 246 g/mol. The SMILES string of the molecule is COc1ccccc1-c1ccc(/C=N/NC(N)=O)o1. The van der Waals surface area contributed by atoms with Crippen molar-refractivity contribution >= 4 is 12.2 Å². The Labute approximate surface area is 109 Å². The average Bonchev–Trinajstić information content (AvgIpc) is 2.87. The molecule has 0 bridgehead atoms. The van der Waals surface area contributed by atoms with E-state index in [4.69, 9.17) is 14.9 Å². The zero-order valence-electron chi connectivity index (χ0n) is 10.3. The van der Waals surface area contributed by atoms with Gasteiger partial charge in [0, 0.05) is 0 Å². The number of carbonyl (C=O) groups is 1. The standard InChI is InChI=1S/C13H13N3O3/c1-18-11-5-3-2-4-10(11)12-7-6-9(19-12)8-15-16-13(14)17/h2-8H,1H3,(H3,14,16,17)/b15-8+. The van der Waals surface area contributed by atoms with Gasteiger partial charge < -0.3 is 14.9 Å². The number of nitrogens with two attached hydrogens (primary N) is 1. The summed E-state index contributed by atoms with van der Waals surface area (Å²) >= 11 is 0. The first kappa shape index (κ1) is 12.7. The molecule has 0 unspecified atom stereocenters. The molecule has 0 aliphatic rings. The summed E-state index contributed by atoms with van der Waals surface area (Å²) in [6.45, 7) is 0. The lowest BCUT2D eigenvalue weighted by Gasteiger charge is -2.04. The molecule has 1 aromatic carbocycles. The number of methoxy groups -OCH3 is 1. The molecule has 2 rings (SSSR count). The summed E-state index contributed by atoms with van der Waals surface area (Å²) in [5, 5.41) is 3.62. The van der Waals surface area contributed by atoms with Crippen LogP contribution in [-0.4, -0.2) is 19.4 Å². The van der Waals surface area contributed by atoms with Crippen LogP contribution in [0.2, 0.25) is 0 Å². The van der Waals surface area contributed by atoms with Crippen molar-refractivity contribution in [1.29, 1.82) is 0 Å². The molecule has 0 radical (unpaired) electrons. The number of hydrogen-bond donors (Lipinski definition) is 2. The number of hydrogen-bond acceptors (Lipinski definition) is 4. The summed E-state index contributed by atoms with van der Waals surface area (Å²) in [6.07, 6.45) is 1.36. The van der Waals surface area contributed by atoms with E-state index in [1.807, 2.05) is 24.3 Å². The Hall–Kier alpha value is -2.76. The molecule has 1 aromatic heterocycles. The van der Waals surface area contributed by atoms with Crippen LogP contribution in [0.3, 0.4) is 0 Å². The third kappa shape index (κ3) is 3.12. The van der Waals surface area contributed by atoms with Crippen LogP contribution in [0.25, 0.3) is 11.3 Å². The number of primary amides is 1. The predicted molar refractivity (Wildman–Crippen MR) is 71.0 cm³/mol. The molecule has 0 atom stereocenters. The lowest BCUT2D eigenvalue weighted by molar-refractivity contribution is 0.249. The van der Waals surface area contributed by atoms with Crippen LogP contribution in [0.1, 0.15) is 5.76 Å². The average molecular weight is 259 g/mol. The summed E-state index contributed by atoms with van der Waals surface area (Å²) in [6, 6.07) is 10.3. The zero-order valence-corrected chi connectivity index (χ0v) is 10.3. The fourth-order valence-electron chi connectivity index (χ4n) is 1.57. The third-order valence-corrected chi connectivity index (χ3v) is 2.37. The highest BCUT2D eigenvalue weighted by molar-refractivity contribution is 5.80. The van der Waals surface area contributed by atoms with E-state index in [-0.39, 0.29) is 0 Å². The van der Waals surface area contributed by atoms with E-state index in [1.165, 1.54) is 6.21 Å². The van der Waals surface area contributed by atoms with Gasteiger partial charge in [0.2, 0.25) is 0 Å². The highest BCUT2D eigenvalue weighted by atomic mass is 16.5. The minimum atomic E-state index is -0.729. The maximum atomic E-state index is 10.4. The molecule has 0 aliphatic carbocycles. The minimum Gasteiger partial charge on any atom is -0.496 e. The van der Waals surface area contributed by atoms with Crippen LogP contribution < -0.4 is 15.9 Å². The molecule has 6 heteroatoms. The fraction of sp³-hybridized carbons (Fsp3) is 0.0769. The molecule has 0 aliphatic heterocycles. The first-order valence-corrected chi connectivity index (χ1v) is 5.52. The van der Waals surface area contributed by atoms with Gasteiger partial charge in [-0.3, -0.25) is 0 Å². The number of urea groups is 1. The molecule has 2 amide bonds. The van der Waals surface area contributed by atoms with Gasteiger partial charge >= 0.3 is 6.03 Å². The second kappa shape index (κ2) is 5.72. The van der Waals surface area contributed by atoms with Gasteiger partial charge in [-0.2, -0.15) is 5.10 Å². The predicted octanol–water partition coefficient (Wildman–Crippen LogP) is 1.96. The van der Waals surface area contributed by atoms with Gasteiger partial charge in [-0.15, -0.1) is 0 Å². The lowest BCUT2D eigenvalue weighted by atomic mass is 10.1. The lowest BCUT2D eigenvalue weighted by Crippen LogP contribution is -2.24. The van der Waals surface area contributed by atoms with Crippen molar-refractivity contribution in [2.45, 2.75) is 0 Å². The van der Waals surface area contributed by atoms with Crippen molar-refractivity contribution in [2.24, 2.45) is 10.8 Å². The quantitative estimate of drug-likeness (QED) is 0.649. The monoisotopic (exact) mass is 259 g/mol. The highest BCUT2D eigenvalue weighted by Crippen LogP contribution is 2.30. The van der Waals surface area contributed by atoms with Crippen LogP contribution >= 0.6 is 0 Å². The van der Waals surface area contributed by atoms with Crippen molar-refractivity contribution < 1.29 is 13.9 Å². The van der Waals surface area contributed by atoms with Crippen LogP contribution in [0.4, 0.5) is 4.79 Å². The molecule has 2 aromatic rings. The van der Waals surface area contributed by atoms with Gasteiger partial charge in [0.05, 0.1) is 18.9 Å². The molecule has 3 N–H and O–H groups in total. The second-order valence-corrected chi connectivity index (χ2v) is 3.64. The van der Waals surface area contributed by atoms with E-state index in [0.29, 0.717) is 11.5 Å². The van der Waals surface area contributed by atoms with Crippen LogP contribution in [0, 0.1) is 0 Å². The van der Waals surface area contributed by atoms with E-state index in [9.17, 15) is 4.79 Å². The molecule has 1 heterocycles. The molecule has 0 saturated heterocycles. The van der Waals surface area contributed by atoms with E-state index >= 15 is 0 Å². The molecule has 0 fully saturated rings. The number of benzene rings is 1. The van der Waals surface area contributed by atoms with Crippen LogP contribution in [0.15, 0.2) is 45.9 Å². The molecule has 0 spiro atoms. The molecular formula is C13H13N3O3. The number of rotatable bonds is 4. The first-order chi connectivity index (χ1) is 9.20. The van der Waals surface area contributed by atoms with Gasteiger partial charge in [0.25, 0.3) is 0 Å². The van der Waals surface area contributed by atoms with E-state index in [2.05, 4.69) is 10.5 Å². The van der Waals surface area contributed by atoms with Crippen LogP contribution in [0.5, 0.6) is 5.75 Å². The fourth-order valence-corrected chi connectivity index (χ4v) is 1.57. The number of nitrogens with zero attached hydrogens (tertiary/aromatic N) is 1. The number of hydrazone groups is 1. The third-order valence-electron chi connectivity index (χ3n) is 2.37. The van der Waals surface area contributed by atoms with Gasteiger partial charge in [0.1, 0.15) is 17.3 Å². The van der Waals surface area contributed by atoms with Crippen molar-refractivity contribution in [1.82, 2.24) is 5.43 Å². The Morgan fingerprint density at radius 2 is 2.16 bits per heavy atom. The Balaban J connectivity index is 2.21. The summed E-state index contributed by atoms with van der Waals surface area (Å²) in [5.74, 6) is 1.86. The van der Waals surface area contributed by atoms with Crippen molar-refractivity contribution in [3.63, 3.8) is 0 Å². The highest BCUT2D eigenvalue weighted by Gasteiger charge is 2.08. The van der Waals surface area contributed by atoms with E-state index < -0.39 is 6.03 Å². The number of para-hydroxylation sites is 1. The Kier molecular flexibility index (Phi) is 3.82. The van der Waals surface area contributed by atoms with E-state index in [1.54, 1.807) is 19.2 Å². The summed E-state index contributed by atoms with van der Waals surface area (Å²) in [7, 11) is 1.60. The number of carbonyl (C=O) groups excluding carboxylic acids is 1. The maximum Gasteiger partial charge on any atom is 0.332 e. The maximum absolute atomic E-state index is 10.4. The molecule has 98 valence electrons. The van der Waals surface area contributed by atoms with Gasteiger partial charge in [-0.05, 0) is 24.3 Å². The van der Waals surface area contributed by atoms with Gasteiger partial charge in [0.15, 0.2) is 0 Å². The molecule has 0 saturated carbocycles. The second-order valence-electron chi connectivity index (χ2n) is 3.64. The van der Waals surface area contributed by atoms with Crippen molar-refractivity contribution in [2.75, 3.05) is 7.11 Å². The number of ether oxygens (including phenoxy) is 1. The summed E-state index contributed by atoms with van der Waals surface area (Å²) < 4.78 is 10.8. The van der Waals surface area contributed by atoms with Crippen molar-refractivity contribution in [3.8, 4) is 17.1 Å². The number of nitrogens with one attached hydrogen (secondary N) is 1. The smallest absolute Gasteiger partial charge is 0.332 e. The normalized spacial score (nSPS) is 10.6. The number of furan rings is 1. The Morgan fingerprint density at radius 3 is 2.89 bits per heavy atom. The Bertz CT molecular complexity index is 605. The molecule has 19 heavy (non-hydrogen) atoms. The largest absolute Gasteiger partial charge is 0.496 e.